The third kappa shape index (κ3) is 2.13. The minimum absolute atomic E-state index is 0.139. The number of nitrogens with two attached hydrogens (primary N) is 1. The fraction of sp³-hybridized carbons (Fsp3) is 0.333. The number of nitrogens with one attached hydrogen (secondary N) is 1. The Hall–Kier alpha value is -1.91. The highest BCUT2D eigenvalue weighted by molar-refractivity contribution is 6.07. The molecule has 3 N–H and O–H groups in total. The number of rotatable bonds is 1. The van der Waals surface area contributed by atoms with Gasteiger partial charge in [0.05, 0.1) is 6.04 Å². The van der Waals surface area contributed by atoms with Crippen molar-refractivity contribution in [2.45, 2.75) is 25.8 Å². The number of carbonyl (C=O) groups is 2. The van der Waals surface area contributed by atoms with Crippen LogP contribution in [0, 0.1) is 5.82 Å². The van der Waals surface area contributed by atoms with Gasteiger partial charge >= 0.3 is 0 Å². The van der Waals surface area contributed by atoms with E-state index in [4.69, 9.17) is 5.73 Å². The number of amides is 1. The predicted molar refractivity (Wildman–Crippen MR) is 61.1 cm³/mol. The van der Waals surface area contributed by atoms with Crippen LogP contribution in [0.3, 0.4) is 0 Å². The molecule has 0 aliphatic heterocycles. The van der Waals surface area contributed by atoms with Crippen molar-refractivity contribution in [2.24, 2.45) is 0 Å². The van der Waals surface area contributed by atoms with Crippen molar-refractivity contribution >= 4 is 17.4 Å². The first-order valence-electron chi connectivity index (χ1n) is 5.38. The van der Waals surface area contributed by atoms with Crippen molar-refractivity contribution in [3.63, 3.8) is 0 Å². The first-order valence-corrected chi connectivity index (χ1v) is 5.38. The maximum Gasteiger partial charge on any atom is 0.217 e. The summed E-state index contributed by atoms with van der Waals surface area (Å²) in [6, 6.07) is 1.91. The third-order valence-corrected chi connectivity index (χ3v) is 2.86. The molecular weight excluding hydrogens is 223 g/mol. The second kappa shape index (κ2) is 4.16. The quantitative estimate of drug-likeness (QED) is 0.716. The Labute approximate surface area is 98.0 Å². The Morgan fingerprint density at radius 2 is 2.24 bits per heavy atom. The minimum Gasteiger partial charge on any atom is -0.398 e. The Bertz CT molecular complexity index is 500. The second-order valence-corrected chi connectivity index (χ2v) is 4.19. The number of aryl methyl sites for hydroxylation is 1. The number of ketones is 1. The first-order chi connectivity index (χ1) is 7.99. The highest BCUT2D eigenvalue weighted by Gasteiger charge is 2.30. The number of hydrogen-bond donors (Lipinski definition) is 2. The highest BCUT2D eigenvalue weighted by atomic mass is 19.1. The molecule has 17 heavy (non-hydrogen) atoms. The predicted octanol–water partition coefficient (Wildman–Crippen LogP) is 1.04. The minimum atomic E-state index is -0.548. The van der Waals surface area contributed by atoms with Gasteiger partial charge in [-0.3, -0.25) is 9.59 Å². The standard InChI is InChI=1S/C12H13FN2O2/c1-6(16)15-10-3-2-7-4-8(13)5-9(14)11(7)12(10)17/h4-5,10H,2-3,14H2,1H3,(H,15,16). The lowest BCUT2D eigenvalue weighted by Gasteiger charge is -2.24. The maximum atomic E-state index is 13.1. The van der Waals surface area contributed by atoms with E-state index in [2.05, 4.69) is 5.32 Å². The molecule has 1 unspecified atom stereocenters. The lowest BCUT2D eigenvalue weighted by molar-refractivity contribution is -0.119. The molecule has 0 spiro atoms. The van der Waals surface area contributed by atoms with Gasteiger partial charge in [0.2, 0.25) is 5.91 Å². The molecule has 0 bridgehead atoms. The Morgan fingerprint density at radius 1 is 1.53 bits per heavy atom. The molecule has 1 aromatic carbocycles. The van der Waals surface area contributed by atoms with Gasteiger partial charge in [0, 0.05) is 18.2 Å². The van der Waals surface area contributed by atoms with Crippen molar-refractivity contribution in [1.29, 1.82) is 0 Å². The van der Waals surface area contributed by atoms with E-state index < -0.39 is 11.9 Å². The molecule has 0 radical (unpaired) electrons. The summed E-state index contributed by atoms with van der Waals surface area (Å²) in [5.41, 5.74) is 6.75. The fourth-order valence-corrected chi connectivity index (χ4v) is 2.17. The molecule has 1 amide bonds. The first kappa shape index (κ1) is 11.6. The van der Waals surface area contributed by atoms with Gasteiger partial charge in [-0.1, -0.05) is 0 Å². The van der Waals surface area contributed by atoms with Gasteiger partial charge < -0.3 is 11.1 Å². The Kier molecular flexibility index (Phi) is 2.83. The van der Waals surface area contributed by atoms with Crippen LogP contribution in [0.25, 0.3) is 0 Å². The zero-order chi connectivity index (χ0) is 12.6. The topological polar surface area (TPSA) is 72.2 Å². The number of benzene rings is 1. The van der Waals surface area contributed by atoms with Gasteiger partial charge in [-0.05, 0) is 30.5 Å². The van der Waals surface area contributed by atoms with E-state index in [9.17, 15) is 14.0 Å². The van der Waals surface area contributed by atoms with E-state index in [1.807, 2.05) is 0 Å². The van der Waals surface area contributed by atoms with Crippen LogP contribution >= 0.6 is 0 Å². The number of halogens is 1. The van der Waals surface area contributed by atoms with Crippen LogP contribution < -0.4 is 11.1 Å². The zero-order valence-corrected chi connectivity index (χ0v) is 9.42. The monoisotopic (exact) mass is 236 g/mol. The van der Waals surface area contributed by atoms with E-state index in [1.54, 1.807) is 0 Å². The number of nitrogen functional groups attached to an aromatic ring is 1. The molecule has 0 fully saturated rings. The SMILES string of the molecule is CC(=O)NC1CCc2cc(F)cc(N)c2C1=O. The number of fused-ring (bicyclic) bond motifs is 1. The molecular formula is C12H13FN2O2. The number of Topliss-reactive ketones (excluding diaryl/α,β-unsaturated/α-hetero) is 1. The van der Waals surface area contributed by atoms with Crippen molar-refractivity contribution in [3.05, 3.63) is 29.1 Å². The summed E-state index contributed by atoms with van der Waals surface area (Å²) in [5.74, 6) is -0.932. The molecule has 5 heteroatoms. The molecule has 1 aliphatic carbocycles. The normalized spacial score (nSPS) is 18.7. The molecule has 0 aromatic heterocycles. The second-order valence-electron chi connectivity index (χ2n) is 4.19. The van der Waals surface area contributed by atoms with Gasteiger partial charge in [0.1, 0.15) is 5.82 Å². The molecule has 4 nitrogen and oxygen atoms in total. The van der Waals surface area contributed by atoms with Crippen LogP contribution in [0.5, 0.6) is 0 Å². The van der Waals surface area contributed by atoms with E-state index in [-0.39, 0.29) is 17.4 Å². The van der Waals surface area contributed by atoms with E-state index in [0.717, 1.165) is 6.07 Å². The largest absolute Gasteiger partial charge is 0.398 e. The van der Waals surface area contributed by atoms with Crippen LogP contribution in [0.2, 0.25) is 0 Å². The van der Waals surface area contributed by atoms with Crippen molar-refractivity contribution in [2.75, 3.05) is 5.73 Å². The number of carbonyl (C=O) groups excluding carboxylic acids is 2. The van der Waals surface area contributed by atoms with Crippen LogP contribution in [-0.2, 0) is 11.2 Å². The summed E-state index contributed by atoms with van der Waals surface area (Å²) in [6.07, 6.45) is 1.02. The summed E-state index contributed by atoms with van der Waals surface area (Å²) in [5, 5.41) is 2.58. The molecule has 1 aliphatic rings. The van der Waals surface area contributed by atoms with Crippen LogP contribution in [0.15, 0.2) is 12.1 Å². The smallest absolute Gasteiger partial charge is 0.217 e. The summed E-state index contributed by atoms with van der Waals surface area (Å²) >= 11 is 0. The fourth-order valence-electron chi connectivity index (χ4n) is 2.17. The Morgan fingerprint density at radius 3 is 2.88 bits per heavy atom. The van der Waals surface area contributed by atoms with Crippen LogP contribution in [0.1, 0.15) is 29.3 Å². The molecule has 0 heterocycles. The summed E-state index contributed by atoms with van der Waals surface area (Å²) < 4.78 is 13.1. The summed E-state index contributed by atoms with van der Waals surface area (Å²) in [7, 11) is 0. The molecule has 0 saturated carbocycles. The van der Waals surface area contributed by atoms with Gasteiger partial charge in [0.25, 0.3) is 0 Å². The van der Waals surface area contributed by atoms with Crippen molar-refractivity contribution < 1.29 is 14.0 Å². The maximum absolute atomic E-state index is 13.1. The lowest BCUT2D eigenvalue weighted by Crippen LogP contribution is -2.42. The van der Waals surface area contributed by atoms with Crippen LogP contribution in [-0.4, -0.2) is 17.7 Å². The molecule has 1 aromatic rings. The summed E-state index contributed by atoms with van der Waals surface area (Å²) in [4.78, 5) is 23.0. The average Bonchev–Trinajstić information content (AvgIpc) is 2.20. The molecule has 1 atom stereocenters. The van der Waals surface area contributed by atoms with E-state index in [1.165, 1.54) is 13.0 Å². The van der Waals surface area contributed by atoms with Crippen molar-refractivity contribution in [1.82, 2.24) is 5.32 Å². The zero-order valence-electron chi connectivity index (χ0n) is 9.42. The molecule has 2 rings (SSSR count). The van der Waals surface area contributed by atoms with Crippen molar-refractivity contribution in [3.8, 4) is 0 Å². The number of anilines is 1. The van der Waals surface area contributed by atoms with Gasteiger partial charge in [-0.2, -0.15) is 0 Å². The van der Waals surface area contributed by atoms with Gasteiger partial charge in [-0.25, -0.2) is 4.39 Å². The van der Waals surface area contributed by atoms with E-state index >= 15 is 0 Å². The summed E-state index contributed by atoms with van der Waals surface area (Å²) in [6.45, 7) is 1.36. The molecule has 0 saturated heterocycles. The Balaban J connectivity index is 2.38. The highest BCUT2D eigenvalue weighted by Crippen LogP contribution is 2.27. The van der Waals surface area contributed by atoms with Gasteiger partial charge in [-0.15, -0.1) is 0 Å². The third-order valence-electron chi connectivity index (χ3n) is 2.86. The molecule has 90 valence electrons. The van der Waals surface area contributed by atoms with E-state index in [0.29, 0.717) is 24.0 Å². The van der Waals surface area contributed by atoms with Crippen LogP contribution in [0.4, 0.5) is 10.1 Å². The van der Waals surface area contributed by atoms with Gasteiger partial charge in [0.15, 0.2) is 5.78 Å². The lowest BCUT2D eigenvalue weighted by atomic mass is 9.86. The number of hydrogen-bond acceptors (Lipinski definition) is 3. The average molecular weight is 236 g/mol.